The lowest BCUT2D eigenvalue weighted by molar-refractivity contribution is 0.856. The summed E-state index contributed by atoms with van der Waals surface area (Å²) >= 11 is 0. The van der Waals surface area contributed by atoms with Gasteiger partial charge in [-0.15, -0.1) is 0 Å². The number of hydrogen-bond donors (Lipinski definition) is 0. The van der Waals surface area contributed by atoms with Gasteiger partial charge in [-0.25, -0.2) is 15.0 Å². The van der Waals surface area contributed by atoms with E-state index < -0.39 is 0 Å². The molecule has 1 atom stereocenters. The van der Waals surface area contributed by atoms with Crippen molar-refractivity contribution in [1.82, 2.24) is 19.9 Å². The van der Waals surface area contributed by atoms with Gasteiger partial charge in [0.25, 0.3) is 0 Å². The van der Waals surface area contributed by atoms with Crippen molar-refractivity contribution in [2.45, 2.75) is 12.3 Å². The van der Waals surface area contributed by atoms with Gasteiger partial charge in [-0.1, -0.05) is 140 Å². The smallest absolute Gasteiger partial charge is 0.164 e. The molecule has 1 aliphatic rings. The Morgan fingerprint density at radius 1 is 0.500 bits per heavy atom. The highest BCUT2D eigenvalue weighted by Gasteiger charge is 2.22. The largest absolute Gasteiger partial charge is 0.264 e. The van der Waals surface area contributed by atoms with E-state index in [1.807, 2.05) is 36.7 Å². The molecule has 2 aromatic heterocycles. The van der Waals surface area contributed by atoms with Crippen LogP contribution in [0.3, 0.4) is 0 Å². The Bertz CT molecular complexity index is 2200. The Morgan fingerprint density at radius 3 is 1.89 bits per heavy atom. The third-order valence-corrected chi connectivity index (χ3v) is 8.57. The van der Waals surface area contributed by atoms with E-state index in [0.717, 1.165) is 39.8 Å². The third kappa shape index (κ3) is 5.53. The summed E-state index contributed by atoms with van der Waals surface area (Å²) in [5, 5.41) is 2.47. The highest BCUT2D eigenvalue weighted by molar-refractivity contribution is 5.96. The normalized spacial score (nSPS) is 14.5. The molecule has 0 spiro atoms. The van der Waals surface area contributed by atoms with Gasteiger partial charge in [0.05, 0.1) is 0 Å². The minimum Gasteiger partial charge on any atom is -0.264 e. The van der Waals surface area contributed by atoms with Crippen molar-refractivity contribution in [2.24, 2.45) is 0 Å². The van der Waals surface area contributed by atoms with Crippen molar-refractivity contribution >= 4 is 21.9 Å². The average molecular weight is 591 g/mol. The van der Waals surface area contributed by atoms with Crippen molar-refractivity contribution in [3.63, 3.8) is 0 Å². The molecular weight excluding hydrogens is 560 g/mol. The first-order valence-corrected chi connectivity index (χ1v) is 15.6. The summed E-state index contributed by atoms with van der Waals surface area (Å²) < 4.78 is 0. The number of pyridine rings is 1. The van der Waals surface area contributed by atoms with E-state index in [-0.39, 0.29) is 5.92 Å². The van der Waals surface area contributed by atoms with Crippen LogP contribution in [-0.2, 0) is 0 Å². The van der Waals surface area contributed by atoms with Gasteiger partial charge in [-0.3, -0.25) is 4.98 Å². The summed E-state index contributed by atoms with van der Waals surface area (Å²) in [7, 11) is 0. The second kappa shape index (κ2) is 12.2. The minimum absolute atomic E-state index is 0.178. The minimum atomic E-state index is 0.178. The van der Waals surface area contributed by atoms with E-state index in [9.17, 15) is 0 Å². The molecule has 0 saturated carbocycles. The molecule has 46 heavy (non-hydrogen) atoms. The molecule has 0 amide bonds. The zero-order valence-electron chi connectivity index (χ0n) is 25.2. The lowest BCUT2D eigenvalue weighted by Crippen LogP contribution is -2.08. The van der Waals surface area contributed by atoms with Crippen LogP contribution < -0.4 is 0 Å². The second-order valence-electron chi connectivity index (χ2n) is 11.5. The van der Waals surface area contributed by atoms with E-state index >= 15 is 0 Å². The van der Waals surface area contributed by atoms with Crippen LogP contribution in [-0.4, -0.2) is 19.9 Å². The van der Waals surface area contributed by atoms with Gasteiger partial charge in [0.1, 0.15) is 0 Å². The van der Waals surface area contributed by atoms with Crippen LogP contribution in [0.15, 0.2) is 164 Å². The molecule has 0 radical (unpaired) electrons. The van der Waals surface area contributed by atoms with E-state index in [1.54, 1.807) is 0 Å². The predicted molar refractivity (Wildman–Crippen MR) is 188 cm³/mol. The van der Waals surface area contributed by atoms with Gasteiger partial charge in [0, 0.05) is 29.4 Å². The fourth-order valence-corrected chi connectivity index (χ4v) is 6.23. The number of hydrogen-bond acceptors (Lipinski definition) is 4. The average Bonchev–Trinajstić information content (AvgIpc) is 3.15. The molecule has 0 aliphatic heterocycles. The number of rotatable bonds is 6. The van der Waals surface area contributed by atoms with Crippen molar-refractivity contribution in [2.75, 3.05) is 0 Å². The molecule has 1 unspecified atom stereocenters. The standard InChI is InChI=1S/C42H30N4/c1-3-11-29(12-4-1)35-25-36(34-17-10-24-43-28-34)27-37(26-35)42-45-40(32-14-5-2-6-15-32)44-41(46-42)33-22-20-31(21-23-33)39-19-9-16-30-13-7-8-18-38(30)39/h1-25,27-28,35H,26H2. The highest BCUT2D eigenvalue weighted by Crippen LogP contribution is 2.39. The van der Waals surface area contributed by atoms with Crippen LogP contribution in [0.5, 0.6) is 0 Å². The first kappa shape index (κ1) is 27.5. The molecule has 8 rings (SSSR count). The molecule has 4 heteroatoms. The topological polar surface area (TPSA) is 51.6 Å². The van der Waals surface area contributed by atoms with Crippen LogP contribution in [0.25, 0.3) is 55.8 Å². The molecule has 5 aromatic carbocycles. The molecule has 2 heterocycles. The first-order valence-electron chi connectivity index (χ1n) is 15.6. The van der Waals surface area contributed by atoms with Gasteiger partial charge < -0.3 is 0 Å². The molecule has 0 fully saturated rings. The molecule has 1 aliphatic carbocycles. The quantitative estimate of drug-likeness (QED) is 0.193. The maximum atomic E-state index is 5.13. The second-order valence-corrected chi connectivity index (χ2v) is 11.5. The Morgan fingerprint density at radius 2 is 1.13 bits per heavy atom. The fraction of sp³-hybridized carbons (Fsp3) is 0.0476. The van der Waals surface area contributed by atoms with Gasteiger partial charge in [-0.2, -0.15) is 0 Å². The SMILES string of the molecule is C1=C(c2cccnc2)C=C(c2nc(-c3ccccc3)nc(-c3ccc(-c4cccc5ccccc45)cc3)n2)CC1c1ccccc1. The summed E-state index contributed by atoms with van der Waals surface area (Å²) in [6, 6.07) is 48.4. The molecule has 0 bridgehead atoms. The number of aromatic nitrogens is 4. The molecule has 4 nitrogen and oxygen atoms in total. The van der Waals surface area contributed by atoms with Crippen molar-refractivity contribution in [3.8, 4) is 33.9 Å². The number of allylic oxidation sites excluding steroid dienone is 4. The number of benzene rings is 5. The molecule has 0 N–H and O–H groups in total. The Kier molecular flexibility index (Phi) is 7.29. The Hall–Kier alpha value is -6.00. The maximum absolute atomic E-state index is 5.13. The van der Waals surface area contributed by atoms with Crippen LogP contribution >= 0.6 is 0 Å². The summed E-state index contributed by atoms with van der Waals surface area (Å²) in [6.07, 6.45) is 9.06. The summed E-state index contributed by atoms with van der Waals surface area (Å²) in [5.41, 5.74) is 8.79. The summed E-state index contributed by atoms with van der Waals surface area (Å²) in [4.78, 5) is 19.6. The fourth-order valence-electron chi connectivity index (χ4n) is 6.23. The van der Waals surface area contributed by atoms with E-state index in [4.69, 9.17) is 15.0 Å². The zero-order valence-corrected chi connectivity index (χ0v) is 25.2. The zero-order chi connectivity index (χ0) is 30.7. The maximum Gasteiger partial charge on any atom is 0.164 e. The summed E-state index contributed by atoms with van der Waals surface area (Å²) in [6.45, 7) is 0. The van der Waals surface area contributed by atoms with Gasteiger partial charge in [-0.05, 0) is 62.7 Å². The lowest BCUT2D eigenvalue weighted by Gasteiger charge is -2.22. The van der Waals surface area contributed by atoms with Crippen LogP contribution in [0.2, 0.25) is 0 Å². The van der Waals surface area contributed by atoms with Gasteiger partial charge >= 0.3 is 0 Å². The molecule has 7 aromatic rings. The van der Waals surface area contributed by atoms with E-state index in [1.165, 1.54) is 21.9 Å². The molecule has 218 valence electrons. The monoisotopic (exact) mass is 590 g/mol. The predicted octanol–water partition coefficient (Wildman–Crippen LogP) is 10.1. The van der Waals surface area contributed by atoms with Crippen LogP contribution in [0.4, 0.5) is 0 Å². The van der Waals surface area contributed by atoms with Crippen molar-refractivity contribution in [3.05, 3.63) is 181 Å². The van der Waals surface area contributed by atoms with Crippen LogP contribution in [0.1, 0.15) is 29.3 Å². The molecular formula is C42H30N4. The van der Waals surface area contributed by atoms with E-state index in [0.29, 0.717) is 17.5 Å². The first-order chi connectivity index (χ1) is 22.8. The van der Waals surface area contributed by atoms with E-state index in [2.05, 4.69) is 132 Å². The summed E-state index contributed by atoms with van der Waals surface area (Å²) in [5.74, 6) is 2.19. The highest BCUT2D eigenvalue weighted by atomic mass is 15.0. The number of fused-ring (bicyclic) bond motifs is 1. The Labute approximate surface area is 268 Å². The van der Waals surface area contributed by atoms with Gasteiger partial charge in [0.2, 0.25) is 0 Å². The third-order valence-electron chi connectivity index (χ3n) is 8.57. The Balaban J connectivity index is 1.24. The molecule has 0 saturated heterocycles. The van der Waals surface area contributed by atoms with Crippen molar-refractivity contribution < 1.29 is 0 Å². The van der Waals surface area contributed by atoms with Crippen LogP contribution in [0, 0.1) is 0 Å². The van der Waals surface area contributed by atoms with Crippen molar-refractivity contribution in [1.29, 1.82) is 0 Å². The lowest BCUT2D eigenvalue weighted by atomic mass is 9.83. The number of nitrogens with zero attached hydrogens (tertiary/aromatic N) is 4. The van der Waals surface area contributed by atoms with Gasteiger partial charge in [0.15, 0.2) is 17.5 Å².